The van der Waals surface area contributed by atoms with Gasteiger partial charge in [0.05, 0.1) is 11.6 Å². The van der Waals surface area contributed by atoms with Gasteiger partial charge in [-0.1, -0.05) is 6.42 Å². The Hall–Kier alpha value is -0.450. The third-order valence-corrected chi connectivity index (χ3v) is 3.77. The van der Waals surface area contributed by atoms with Crippen molar-refractivity contribution in [1.82, 2.24) is 10.3 Å². The molecule has 3 nitrogen and oxygen atoms in total. The summed E-state index contributed by atoms with van der Waals surface area (Å²) >= 11 is 1.81. The summed E-state index contributed by atoms with van der Waals surface area (Å²) in [5, 5.41) is 13.1. The Morgan fingerprint density at radius 2 is 2.43 bits per heavy atom. The largest absolute Gasteiger partial charge is 0.395 e. The number of hydrogen-bond acceptors (Lipinski definition) is 4. The van der Waals surface area contributed by atoms with Crippen LogP contribution < -0.4 is 5.32 Å². The molecule has 1 heterocycles. The molecule has 1 aliphatic carbocycles. The molecule has 1 aromatic heterocycles. The van der Waals surface area contributed by atoms with E-state index in [1.807, 2.05) is 17.5 Å². The first-order valence-electron chi connectivity index (χ1n) is 5.16. The SMILES string of the molecule is OCCNCc1cnc(C2CCC2)s1. The monoisotopic (exact) mass is 212 g/mol. The molecule has 0 spiro atoms. The first-order valence-corrected chi connectivity index (χ1v) is 5.98. The van der Waals surface area contributed by atoms with Crippen LogP contribution in [0.4, 0.5) is 0 Å². The van der Waals surface area contributed by atoms with Crippen molar-refractivity contribution in [2.24, 2.45) is 0 Å². The van der Waals surface area contributed by atoms with Crippen molar-refractivity contribution in [2.75, 3.05) is 13.2 Å². The lowest BCUT2D eigenvalue weighted by atomic mass is 9.86. The van der Waals surface area contributed by atoms with Crippen molar-refractivity contribution >= 4 is 11.3 Å². The van der Waals surface area contributed by atoms with Crippen LogP contribution in [0.3, 0.4) is 0 Å². The summed E-state index contributed by atoms with van der Waals surface area (Å²) in [4.78, 5) is 5.71. The van der Waals surface area contributed by atoms with E-state index in [-0.39, 0.29) is 6.61 Å². The summed E-state index contributed by atoms with van der Waals surface area (Å²) in [6.45, 7) is 1.70. The average Bonchev–Trinajstić information content (AvgIpc) is 2.51. The number of aliphatic hydroxyl groups is 1. The lowest BCUT2D eigenvalue weighted by Gasteiger charge is -2.22. The second-order valence-electron chi connectivity index (χ2n) is 3.69. The van der Waals surface area contributed by atoms with Crippen LogP contribution in [0.5, 0.6) is 0 Å². The molecule has 2 rings (SSSR count). The van der Waals surface area contributed by atoms with Crippen molar-refractivity contribution < 1.29 is 5.11 Å². The van der Waals surface area contributed by atoms with E-state index in [1.165, 1.54) is 29.1 Å². The smallest absolute Gasteiger partial charge is 0.0959 e. The predicted molar refractivity (Wildman–Crippen MR) is 57.5 cm³/mol. The molecule has 0 amide bonds. The first kappa shape index (κ1) is 10.1. The molecule has 1 fully saturated rings. The summed E-state index contributed by atoms with van der Waals surface area (Å²) in [5.74, 6) is 0.742. The van der Waals surface area contributed by atoms with Gasteiger partial charge in [0.2, 0.25) is 0 Å². The molecular weight excluding hydrogens is 196 g/mol. The van der Waals surface area contributed by atoms with E-state index in [9.17, 15) is 0 Å². The molecule has 0 saturated heterocycles. The van der Waals surface area contributed by atoms with E-state index in [0.717, 1.165) is 12.5 Å². The Kier molecular flexibility index (Phi) is 3.50. The Morgan fingerprint density at radius 3 is 3.07 bits per heavy atom. The van der Waals surface area contributed by atoms with Gasteiger partial charge in [0.15, 0.2) is 0 Å². The van der Waals surface area contributed by atoms with Gasteiger partial charge in [0.25, 0.3) is 0 Å². The highest BCUT2D eigenvalue weighted by molar-refractivity contribution is 7.11. The standard InChI is InChI=1S/C10H16N2OS/c13-5-4-11-6-9-7-12-10(14-9)8-2-1-3-8/h7-8,11,13H,1-6H2. The number of rotatable bonds is 5. The Balaban J connectivity index is 1.83. The van der Waals surface area contributed by atoms with Gasteiger partial charge < -0.3 is 10.4 Å². The van der Waals surface area contributed by atoms with Crippen LogP contribution in [0.2, 0.25) is 0 Å². The van der Waals surface area contributed by atoms with Crippen LogP contribution in [0.15, 0.2) is 6.20 Å². The molecule has 1 saturated carbocycles. The van der Waals surface area contributed by atoms with Gasteiger partial charge in [0, 0.05) is 30.1 Å². The number of hydrogen-bond donors (Lipinski definition) is 2. The molecule has 1 aromatic rings. The van der Waals surface area contributed by atoms with Gasteiger partial charge in [-0.3, -0.25) is 0 Å². The van der Waals surface area contributed by atoms with Crippen molar-refractivity contribution in [3.63, 3.8) is 0 Å². The topological polar surface area (TPSA) is 45.1 Å². The molecule has 0 radical (unpaired) electrons. The van der Waals surface area contributed by atoms with E-state index in [1.54, 1.807) is 0 Å². The minimum Gasteiger partial charge on any atom is -0.395 e. The quantitative estimate of drug-likeness (QED) is 0.727. The van der Waals surface area contributed by atoms with Crippen LogP contribution in [0.1, 0.15) is 35.1 Å². The normalized spacial score (nSPS) is 16.9. The van der Waals surface area contributed by atoms with E-state index in [4.69, 9.17) is 5.11 Å². The molecule has 0 aliphatic heterocycles. The number of aromatic nitrogens is 1. The van der Waals surface area contributed by atoms with Crippen molar-refractivity contribution in [2.45, 2.75) is 31.7 Å². The second-order valence-corrected chi connectivity index (χ2v) is 4.84. The van der Waals surface area contributed by atoms with Crippen LogP contribution >= 0.6 is 11.3 Å². The summed E-state index contributed by atoms with van der Waals surface area (Å²) < 4.78 is 0. The molecule has 14 heavy (non-hydrogen) atoms. The van der Waals surface area contributed by atoms with E-state index < -0.39 is 0 Å². The Labute approximate surface area is 88.2 Å². The molecule has 2 N–H and O–H groups in total. The van der Waals surface area contributed by atoms with Crippen LogP contribution in [-0.2, 0) is 6.54 Å². The summed E-state index contributed by atoms with van der Waals surface area (Å²) in [6, 6.07) is 0. The molecule has 4 heteroatoms. The highest BCUT2D eigenvalue weighted by atomic mass is 32.1. The van der Waals surface area contributed by atoms with Crippen molar-refractivity contribution in [3.8, 4) is 0 Å². The van der Waals surface area contributed by atoms with E-state index >= 15 is 0 Å². The van der Waals surface area contributed by atoms with E-state index in [2.05, 4.69) is 10.3 Å². The molecule has 0 atom stereocenters. The van der Waals surface area contributed by atoms with Crippen LogP contribution in [-0.4, -0.2) is 23.2 Å². The molecule has 0 aromatic carbocycles. The minimum absolute atomic E-state index is 0.203. The van der Waals surface area contributed by atoms with Gasteiger partial charge in [-0.25, -0.2) is 4.98 Å². The van der Waals surface area contributed by atoms with Gasteiger partial charge in [-0.05, 0) is 12.8 Å². The molecule has 0 unspecified atom stereocenters. The molecule has 78 valence electrons. The van der Waals surface area contributed by atoms with Gasteiger partial charge in [0.1, 0.15) is 0 Å². The lowest BCUT2D eigenvalue weighted by Crippen LogP contribution is -2.16. The predicted octanol–water partition coefficient (Wildman–Crippen LogP) is 1.49. The highest BCUT2D eigenvalue weighted by Gasteiger charge is 2.22. The maximum atomic E-state index is 8.61. The molecule has 1 aliphatic rings. The maximum Gasteiger partial charge on any atom is 0.0959 e. The summed E-state index contributed by atoms with van der Waals surface area (Å²) in [6.07, 6.45) is 5.96. The average molecular weight is 212 g/mol. The van der Waals surface area contributed by atoms with Crippen LogP contribution in [0, 0.1) is 0 Å². The second kappa shape index (κ2) is 4.87. The molecule has 0 bridgehead atoms. The number of nitrogens with zero attached hydrogens (tertiary/aromatic N) is 1. The van der Waals surface area contributed by atoms with Crippen molar-refractivity contribution in [3.05, 3.63) is 16.1 Å². The fourth-order valence-electron chi connectivity index (χ4n) is 1.54. The third kappa shape index (κ3) is 2.32. The Morgan fingerprint density at radius 1 is 1.57 bits per heavy atom. The fraction of sp³-hybridized carbons (Fsp3) is 0.700. The van der Waals surface area contributed by atoms with Gasteiger partial charge >= 0.3 is 0 Å². The number of thiazole rings is 1. The van der Waals surface area contributed by atoms with Gasteiger partial charge in [-0.15, -0.1) is 11.3 Å². The van der Waals surface area contributed by atoms with Crippen molar-refractivity contribution in [1.29, 1.82) is 0 Å². The highest BCUT2D eigenvalue weighted by Crippen LogP contribution is 2.38. The zero-order chi connectivity index (χ0) is 9.80. The maximum absolute atomic E-state index is 8.61. The Bertz CT molecular complexity index is 283. The minimum atomic E-state index is 0.203. The van der Waals surface area contributed by atoms with Crippen LogP contribution in [0.25, 0.3) is 0 Å². The summed E-state index contributed by atoms with van der Waals surface area (Å²) in [5.41, 5.74) is 0. The van der Waals surface area contributed by atoms with E-state index in [0.29, 0.717) is 6.54 Å². The van der Waals surface area contributed by atoms with Gasteiger partial charge in [-0.2, -0.15) is 0 Å². The number of aliphatic hydroxyl groups excluding tert-OH is 1. The molecular formula is C10H16N2OS. The summed E-state index contributed by atoms with van der Waals surface area (Å²) in [7, 11) is 0. The zero-order valence-electron chi connectivity index (χ0n) is 8.20. The zero-order valence-corrected chi connectivity index (χ0v) is 9.02. The first-order chi connectivity index (χ1) is 6.90. The lowest BCUT2D eigenvalue weighted by molar-refractivity contribution is 0.292. The third-order valence-electron chi connectivity index (χ3n) is 2.61. The number of nitrogens with one attached hydrogen (secondary N) is 1. The fourth-order valence-corrected chi connectivity index (χ4v) is 2.59.